The van der Waals surface area contributed by atoms with Crippen LogP contribution in [0.4, 0.5) is 5.69 Å². The molecule has 0 spiro atoms. The summed E-state index contributed by atoms with van der Waals surface area (Å²) in [5.74, 6) is 0. The number of hydrogen-bond donors (Lipinski definition) is 2. The minimum Gasteiger partial charge on any atom is -0.382 e. The van der Waals surface area contributed by atoms with Crippen molar-refractivity contribution in [3.63, 3.8) is 0 Å². The fourth-order valence-electron chi connectivity index (χ4n) is 3.10. The molecule has 2 unspecified atom stereocenters. The van der Waals surface area contributed by atoms with Gasteiger partial charge in [-0.25, -0.2) is 0 Å². The highest BCUT2D eigenvalue weighted by atomic mass is 15.0. The third kappa shape index (κ3) is 3.26. The molecule has 0 aromatic heterocycles. The van der Waals surface area contributed by atoms with E-state index in [9.17, 15) is 0 Å². The second kappa shape index (κ2) is 5.75. The van der Waals surface area contributed by atoms with Crippen LogP contribution in [0.5, 0.6) is 0 Å². The summed E-state index contributed by atoms with van der Waals surface area (Å²) in [6.45, 7) is 10.0. The zero-order chi connectivity index (χ0) is 13.1. The zero-order valence-electron chi connectivity index (χ0n) is 12.1. The van der Waals surface area contributed by atoms with Gasteiger partial charge in [-0.05, 0) is 64.6 Å². The molecule has 2 heteroatoms. The van der Waals surface area contributed by atoms with Gasteiger partial charge in [0.05, 0.1) is 0 Å². The van der Waals surface area contributed by atoms with Crippen molar-refractivity contribution in [2.75, 3.05) is 11.9 Å². The first-order valence-electron chi connectivity index (χ1n) is 7.14. The minimum absolute atomic E-state index is 0.528. The molecule has 0 bridgehead atoms. The van der Waals surface area contributed by atoms with Crippen LogP contribution in [0.2, 0.25) is 0 Å². The predicted octanol–water partition coefficient (Wildman–Crippen LogP) is 3.55. The van der Waals surface area contributed by atoms with Crippen molar-refractivity contribution in [3.05, 3.63) is 28.8 Å². The van der Waals surface area contributed by atoms with E-state index in [1.54, 1.807) is 0 Å². The molecule has 2 nitrogen and oxygen atoms in total. The Bertz CT molecular complexity index is 383. The highest BCUT2D eigenvalue weighted by Gasteiger charge is 2.17. The lowest BCUT2D eigenvalue weighted by Crippen LogP contribution is -2.29. The molecule has 2 rings (SSSR count). The zero-order valence-corrected chi connectivity index (χ0v) is 12.1. The normalized spacial score (nSPS) is 21.0. The summed E-state index contributed by atoms with van der Waals surface area (Å²) in [5, 5.41) is 7.26. The molecule has 0 aliphatic carbocycles. The van der Waals surface area contributed by atoms with Gasteiger partial charge in [0.15, 0.2) is 0 Å². The molecule has 1 aliphatic rings. The molecular formula is C16H26N2. The number of benzene rings is 1. The van der Waals surface area contributed by atoms with Crippen molar-refractivity contribution in [1.29, 1.82) is 0 Å². The van der Waals surface area contributed by atoms with Gasteiger partial charge in [0, 0.05) is 17.8 Å². The Morgan fingerprint density at radius 2 is 1.94 bits per heavy atom. The fraction of sp³-hybridized carbons (Fsp3) is 0.625. The molecular weight excluding hydrogens is 220 g/mol. The Morgan fingerprint density at radius 3 is 2.50 bits per heavy atom. The van der Waals surface area contributed by atoms with Gasteiger partial charge in [0.25, 0.3) is 0 Å². The molecule has 2 N–H and O–H groups in total. The molecule has 0 radical (unpaired) electrons. The van der Waals surface area contributed by atoms with Gasteiger partial charge < -0.3 is 10.6 Å². The van der Waals surface area contributed by atoms with Crippen LogP contribution in [0.25, 0.3) is 0 Å². The molecule has 1 aliphatic heterocycles. The van der Waals surface area contributed by atoms with Crippen LogP contribution < -0.4 is 10.6 Å². The molecule has 1 aromatic rings. The van der Waals surface area contributed by atoms with E-state index in [-0.39, 0.29) is 0 Å². The maximum absolute atomic E-state index is 3.69. The molecule has 2 atom stereocenters. The summed E-state index contributed by atoms with van der Waals surface area (Å²) in [4.78, 5) is 0. The molecule has 1 aromatic carbocycles. The van der Waals surface area contributed by atoms with E-state index in [0.29, 0.717) is 12.1 Å². The van der Waals surface area contributed by atoms with Gasteiger partial charge in [0.1, 0.15) is 0 Å². The van der Waals surface area contributed by atoms with E-state index in [1.807, 2.05) is 0 Å². The summed E-state index contributed by atoms with van der Waals surface area (Å²) in [6.07, 6.45) is 3.88. The Labute approximate surface area is 111 Å². The van der Waals surface area contributed by atoms with Crippen LogP contribution in [0.1, 0.15) is 42.9 Å². The van der Waals surface area contributed by atoms with Crippen LogP contribution in [0.15, 0.2) is 12.1 Å². The molecule has 18 heavy (non-hydrogen) atoms. The summed E-state index contributed by atoms with van der Waals surface area (Å²) >= 11 is 0. The monoisotopic (exact) mass is 246 g/mol. The van der Waals surface area contributed by atoms with Crippen molar-refractivity contribution < 1.29 is 0 Å². The van der Waals surface area contributed by atoms with Gasteiger partial charge in [-0.15, -0.1) is 0 Å². The molecule has 1 heterocycles. The molecule has 100 valence electrons. The average Bonchev–Trinajstić information content (AvgIpc) is 2.76. The Hall–Kier alpha value is -1.02. The lowest BCUT2D eigenvalue weighted by Gasteiger charge is -2.22. The number of anilines is 1. The second-order valence-corrected chi connectivity index (χ2v) is 5.85. The maximum Gasteiger partial charge on any atom is 0.0401 e. The van der Waals surface area contributed by atoms with Crippen LogP contribution in [-0.2, 0) is 0 Å². The largest absolute Gasteiger partial charge is 0.382 e. The van der Waals surface area contributed by atoms with Crippen molar-refractivity contribution in [2.24, 2.45) is 0 Å². The average molecular weight is 246 g/mol. The van der Waals surface area contributed by atoms with E-state index < -0.39 is 0 Å². The first-order chi connectivity index (χ1) is 8.56. The topological polar surface area (TPSA) is 24.1 Å². The van der Waals surface area contributed by atoms with E-state index in [2.05, 4.69) is 50.5 Å². The summed E-state index contributed by atoms with van der Waals surface area (Å²) < 4.78 is 0. The molecule has 1 saturated heterocycles. The highest BCUT2D eigenvalue weighted by molar-refractivity contribution is 5.58. The molecule has 0 amide bonds. The van der Waals surface area contributed by atoms with Gasteiger partial charge >= 0.3 is 0 Å². The summed E-state index contributed by atoms with van der Waals surface area (Å²) in [5.41, 5.74) is 5.39. The van der Waals surface area contributed by atoms with Crippen molar-refractivity contribution in [3.8, 4) is 0 Å². The van der Waals surface area contributed by atoms with Crippen molar-refractivity contribution in [1.82, 2.24) is 5.32 Å². The number of rotatable bonds is 4. The van der Waals surface area contributed by atoms with Crippen LogP contribution >= 0.6 is 0 Å². The predicted molar refractivity (Wildman–Crippen MR) is 79.4 cm³/mol. The number of aryl methyl sites for hydroxylation is 3. The van der Waals surface area contributed by atoms with Crippen LogP contribution in [0.3, 0.4) is 0 Å². The van der Waals surface area contributed by atoms with Gasteiger partial charge in [-0.2, -0.15) is 0 Å². The van der Waals surface area contributed by atoms with Gasteiger partial charge in [-0.1, -0.05) is 17.7 Å². The quantitative estimate of drug-likeness (QED) is 0.849. The van der Waals surface area contributed by atoms with E-state index >= 15 is 0 Å². The third-order valence-electron chi connectivity index (χ3n) is 3.87. The van der Waals surface area contributed by atoms with E-state index in [0.717, 1.165) is 0 Å². The molecule has 0 saturated carbocycles. The Kier molecular flexibility index (Phi) is 4.28. The lowest BCUT2D eigenvalue weighted by molar-refractivity contribution is 0.523. The molecule has 1 fully saturated rings. The second-order valence-electron chi connectivity index (χ2n) is 5.85. The standard InChI is InChI=1S/C16H26N2/c1-11-8-12(2)16(13(3)9-11)18-14(4)10-15-6-5-7-17-15/h8-9,14-15,17-18H,5-7,10H2,1-4H3. The van der Waals surface area contributed by atoms with Crippen molar-refractivity contribution in [2.45, 2.75) is 59.0 Å². The van der Waals surface area contributed by atoms with E-state index in [1.165, 1.54) is 48.2 Å². The smallest absolute Gasteiger partial charge is 0.0401 e. The minimum atomic E-state index is 0.528. The van der Waals surface area contributed by atoms with Crippen LogP contribution in [0, 0.1) is 20.8 Å². The van der Waals surface area contributed by atoms with Crippen molar-refractivity contribution >= 4 is 5.69 Å². The Morgan fingerprint density at radius 1 is 1.28 bits per heavy atom. The highest BCUT2D eigenvalue weighted by Crippen LogP contribution is 2.24. The first-order valence-corrected chi connectivity index (χ1v) is 7.14. The number of nitrogens with one attached hydrogen (secondary N) is 2. The first kappa shape index (κ1) is 13.4. The summed E-state index contributed by atoms with van der Waals surface area (Å²) in [6, 6.07) is 5.76. The maximum atomic E-state index is 3.69. The van der Waals surface area contributed by atoms with E-state index in [4.69, 9.17) is 0 Å². The van der Waals surface area contributed by atoms with Gasteiger partial charge in [0.2, 0.25) is 0 Å². The third-order valence-corrected chi connectivity index (χ3v) is 3.87. The van der Waals surface area contributed by atoms with Crippen LogP contribution in [-0.4, -0.2) is 18.6 Å². The fourth-order valence-corrected chi connectivity index (χ4v) is 3.10. The summed E-state index contributed by atoms with van der Waals surface area (Å²) in [7, 11) is 0. The van der Waals surface area contributed by atoms with Gasteiger partial charge in [-0.3, -0.25) is 0 Å². The Balaban J connectivity index is 1.99. The lowest BCUT2D eigenvalue weighted by atomic mass is 10.0. The SMILES string of the molecule is Cc1cc(C)c(NC(C)CC2CCCN2)c(C)c1. The number of hydrogen-bond acceptors (Lipinski definition) is 2.